The third kappa shape index (κ3) is 4.44. The number of nitrogens with zero attached hydrogens (tertiary/aromatic N) is 2. The van der Waals surface area contributed by atoms with Crippen molar-refractivity contribution in [1.29, 1.82) is 0 Å². The summed E-state index contributed by atoms with van der Waals surface area (Å²) in [5.41, 5.74) is 1.22. The van der Waals surface area contributed by atoms with Gasteiger partial charge in [-0.25, -0.2) is 14.4 Å². The second-order valence-corrected chi connectivity index (χ2v) is 5.58. The second-order valence-electron chi connectivity index (χ2n) is 5.58. The lowest BCUT2D eigenvalue weighted by molar-refractivity contribution is -0.121. The first kappa shape index (κ1) is 17.6. The van der Waals surface area contributed by atoms with Crippen LogP contribution in [0.5, 0.6) is 5.88 Å². The Kier molecular flexibility index (Phi) is 5.58. The van der Waals surface area contributed by atoms with E-state index in [1.54, 1.807) is 37.6 Å². The Morgan fingerprint density at radius 3 is 2.77 bits per heavy atom. The van der Waals surface area contributed by atoms with Gasteiger partial charge in [0, 0.05) is 31.6 Å². The van der Waals surface area contributed by atoms with Gasteiger partial charge in [0.1, 0.15) is 5.82 Å². The quantitative estimate of drug-likeness (QED) is 0.704. The van der Waals surface area contributed by atoms with Crippen LogP contribution in [0.15, 0.2) is 53.2 Å². The van der Waals surface area contributed by atoms with Crippen LogP contribution in [0.25, 0.3) is 11.3 Å². The van der Waals surface area contributed by atoms with Gasteiger partial charge in [-0.1, -0.05) is 18.2 Å². The van der Waals surface area contributed by atoms with E-state index >= 15 is 0 Å². The monoisotopic (exact) mass is 355 g/mol. The van der Waals surface area contributed by atoms with Crippen molar-refractivity contribution in [2.45, 2.75) is 19.4 Å². The van der Waals surface area contributed by atoms with E-state index in [2.05, 4.69) is 15.3 Å². The molecule has 6 nitrogen and oxygen atoms in total. The molecule has 0 aliphatic heterocycles. The third-order valence-corrected chi connectivity index (χ3v) is 3.76. The Morgan fingerprint density at radius 1 is 1.19 bits per heavy atom. The van der Waals surface area contributed by atoms with Gasteiger partial charge in [0.2, 0.25) is 11.8 Å². The maximum absolute atomic E-state index is 13.7. The molecule has 0 fully saturated rings. The minimum absolute atomic E-state index is 0.133. The smallest absolute Gasteiger partial charge is 0.220 e. The number of pyridine rings is 1. The molecule has 1 aromatic carbocycles. The fourth-order valence-electron chi connectivity index (χ4n) is 2.36. The molecule has 26 heavy (non-hydrogen) atoms. The molecule has 0 unspecified atom stereocenters. The molecule has 1 amide bonds. The third-order valence-electron chi connectivity index (χ3n) is 3.76. The SMILES string of the molecule is COc1ccc(CNC(=O)CCc2ncc(-c3ccccc3F)o2)cn1. The minimum Gasteiger partial charge on any atom is -0.481 e. The van der Waals surface area contributed by atoms with E-state index in [-0.39, 0.29) is 18.1 Å². The molecule has 0 radical (unpaired) electrons. The summed E-state index contributed by atoms with van der Waals surface area (Å²) < 4.78 is 24.3. The fraction of sp³-hybridized carbons (Fsp3) is 0.211. The van der Waals surface area contributed by atoms with Crippen LogP contribution in [0.1, 0.15) is 17.9 Å². The summed E-state index contributed by atoms with van der Waals surface area (Å²) >= 11 is 0. The predicted molar refractivity (Wildman–Crippen MR) is 92.9 cm³/mol. The van der Waals surface area contributed by atoms with Gasteiger partial charge in [-0.3, -0.25) is 4.79 Å². The van der Waals surface area contributed by atoms with Crippen molar-refractivity contribution in [2.75, 3.05) is 7.11 Å². The Balaban J connectivity index is 1.49. The first-order valence-corrected chi connectivity index (χ1v) is 8.11. The van der Waals surface area contributed by atoms with Gasteiger partial charge < -0.3 is 14.5 Å². The van der Waals surface area contributed by atoms with E-state index < -0.39 is 0 Å². The summed E-state index contributed by atoms with van der Waals surface area (Å²) in [6.07, 6.45) is 3.67. The van der Waals surface area contributed by atoms with Gasteiger partial charge in [-0.15, -0.1) is 0 Å². The van der Waals surface area contributed by atoms with E-state index in [0.717, 1.165) is 5.56 Å². The number of hydrogen-bond acceptors (Lipinski definition) is 5. The van der Waals surface area contributed by atoms with Crippen molar-refractivity contribution in [1.82, 2.24) is 15.3 Å². The number of amides is 1. The highest BCUT2D eigenvalue weighted by molar-refractivity contribution is 5.76. The van der Waals surface area contributed by atoms with Crippen LogP contribution in [0.2, 0.25) is 0 Å². The van der Waals surface area contributed by atoms with E-state index in [9.17, 15) is 9.18 Å². The molecule has 1 N–H and O–H groups in total. The highest BCUT2D eigenvalue weighted by atomic mass is 19.1. The Bertz CT molecular complexity index is 878. The normalized spacial score (nSPS) is 10.5. The van der Waals surface area contributed by atoms with Crippen molar-refractivity contribution >= 4 is 5.91 Å². The van der Waals surface area contributed by atoms with Crippen LogP contribution in [0.4, 0.5) is 4.39 Å². The zero-order chi connectivity index (χ0) is 18.4. The molecule has 0 aliphatic rings. The lowest BCUT2D eigenvalue weighted by atomic mass is 10.2. The summed E-state index contributed by atoms with van der Waals surface area (Å²) in [5.74, 6) is 0.759. The molecule has 0 atom stereocenters. The summed E-state index contributed by atoms with van der Waals surface area (Å²) in [4.78, 5) is 20.1. The first-order chi connectivity index (χ1) is 12.7. The van der Waals surface area contributed by atoms with Gasteiger partial charge in [-0.2, -0.15) is 0 Å². The Hall–Kier alpha value is -3.22. The number of oxazole rings is 1. The number of carbonyl (C=O) groups excluding carboxylic acids is 1. The van der Waals surface area contributed by atoms with Crippen LogP contribution >= 0.6 is 0 Å². The summed E-state index contributed by atoms with van der Waals surface area (Å²) in [5, 5.41) is 2.81. The molecule has 0 spiro atoms. The average molecular weight is 355 g/mol. The molecule has 0 saturated carbocycles. The lowest BCUT2D eigenvalue weighted by Gasteiger charge is -2.05. The van der Waals surface area contributed by atoms with Crippen molar-refractivity contribution in [3.05, 3.63) is 66.1 Å². The van der Waals surface area contributed by atoms with E-state index in [1.807, 2.05) is 6.07 Å². The van der Waals surface area contributed by atoms with Gasteiger partial charge in [0.15, 0.2) is 11.7 Å². The lowest BCUT2D eigenvalue weighted by Crippen LogP contribution is -2.23. The van der Waals surface area contributed by atoms with Gasteiger partial charge in [0.25, 0.3) is 0 Å². The molecule has 3 aromatic rings. The molecule has 0 aliphatic carbocycles. The number of rotatable bonds is 7. The molecule has 2 aromatic heterocycles. The highest BCUT2D eigenvalue weighted by Gasteiger charge is 2.11. The molecular weight excluding hydrogens is 337 g/mol. The van der Waals surface area contributed by atoms with Crippen LogP contribution in [-0.2, 0) is 17.8 Å². The molecule has 3 rings (SSSR count). The molecule has 0 saturated heterocycles. The molecule has 2 heterocycles. The molecule has 0 bridgehead atoms. The maximum atomic E-state index is 13.7. The zero-order valence-electron chi connectivity index (χ0n) is 14.2. The standard InChI is InChI=1S/C19H18FN3O3/c1-25-18-8-6-13(11-22-18)10-21-17(24)7-9-19-23-12-16(26-19)14-4-2-3-5-15(14)20/h2-6,8,11-12H,7,9-10H2,1H3,(H,21,24). The highest BCUT2D eigenvalue weighted by Crippen LogP contribution is 2.23. The largest absolute Gasteiger partial charge is 0.481 e. The molecular formula is C19H18FN3O3. The van der Waals surface area contributed by atoms with Crippen LogP contribution in [0.3, 0.4) is 0 Å². The number of aryl methyl sites for hydroxylation is 1. The average Bonchev–Trinajstić information content (AvgIpc) is 3.14. The minimum atomic E-state index is -0.374. The van der Waals surface area contributed by atoms with Crippen molar-refractivity contribution in [3.8, 4) is 17.2 Å². The maximum Gasteiger partial charge on any atom is 0.220 e. The van der Waals surface area contributed by atoms with Crippen molar-refractivity contribution in [3.63, 3.8) is 0 Å². The van der Waals surface area contributed by atoms with Gasteiger partial charge in [-0.05, 0) is 17.7 Å². The van der Waals surface area contributed by atoms with Crippen molar-refractivity contribution in [2.24, 2.45) is 0 Å². The van der Waals surface area contributed by atoms with E-state index in [0.29, 0.717) is 36.1 Å². The molecule has 7 heteroatoms. The topological polar surface area (TPSA) is 77.2 Å². The number of aromatic nitrogens is 2. The number of halogens is 1. The van der Waals surface area contributed by atoms with Gasteiger partial charge >= 0.3 is 0 Å². The van der Waals surface area contributed by atoms with E-state index in [4.69, 9.17) is 9.15 Å². The van der Waals surface area contributed by atoms with Crippen LogP contribution in [0, 0.1) is 5.82 Å². The fourth-order valence-corrected chi connectivity index (χ4v) is 2.36. The molecule has 134 valence electrons. The number of carbonyl (C=O) groups is 1. The van der Waals surface area contributed by atoms with Crippen LogP contribution in [-0.4, -0.2) is 23.0 Å². The van der Waals surface area contributed by atoms with Gasteiger partial charge in [0.05, 0.1) is 18.9 Å². The summed E-state index contributed by atoms with van der Waals surface area (Å²) in [7, 11) is 1.55. The van der Waals surface area contributed by atoms with Crippen molar-refractivity contribution < 1.29 is 18.3 Å². The first-order valence-electron chi connectivity index (χ1n) is 8.11. The second kappa shape index (κ2) is 8.24. The number of ether oxygens (including phenoxy) is 1. The number of benzene rings is 1. The summed E-state index contributed by atoms with van der Waals surface area (Å²) in [6, 6.07) is 9.88. The van der Waals surface area contributed by atoms with E-state index in [1.165, 1.54) is 12.3 Å². The van der Waals surface area contributed by atoms with Crippen LogP contribution < -0.4 is 10.1 Å². The number of nitrogens with one attached hydrogen (secondary N) is 1. The Labute approximate surface area is 150 Å². The number of methoxy groups -OCH3 is 1. The summed E-state index contributed by atoms with van der Waals surface area (Å²) in [6.45, 7) is 0.377. The number of hydrogen-bond donors (Lipinski definition) is 1. The predicted octanol–water partition coefficient (Wildman–Crippen LogP) is 3.13. The zero-order valence-corrected chi connectivity index (χ0v) is 14.2. The Morgan fingerprint density at radius 2 is 2.04 bits per heavy atom.